The van der Waals surface area contributed by atoms with E-state index in [4.69, 9.17) is 26.8 Å². The Kier molecular flexibility index (Phi) is 6.50. The minimum atomic E-state index is -0.578. The molecular formula is C18H16ClN3O4S2. The first kappa shape index (κ1) is 20.1. The Balaban J connectivity index is 1.63. The van der Waals surface area contributed by atoms with Gasteiger partial charge >= 0.3 is 0 Å². The van der Waals surface area contributed by atoms with E-state index in [-0.39, 0.29) is 19.1 Å². The maximum atomic E-state index is 12.4. The van der Waals surface area contributed by atoms with Crippen molar-refractivity contribution in [2.45, 2.75) is 6.54 Å². The number of aromatic nitrogens is 1. The molecule has 0 unspecified atom stereocenters. The van der Waals surface area contributed by atoms with Crippen LogP contribution in [0.2, 0.25) is 4.34 Å². The summed E-state index contributed by atoms with van der Waals surface area (Å²) in [7, 11) is 1.49. The molecule has 0 aliphatic rings. The number of carbonyl (C=O) groups is 2. The highest BCUT2D eigenvalue weighted by Gasteiger charge is 2.14. The Labute approximate surface area is 174 Å². The number of hydrogen-bond acceptors (Lipinski definition) is 7. The van der Waals surface area contributed by atoms with Crippen LogP contribution in [0.4, 0.5) is 0 Å². The maximum Gasteiger partial charge on any atom is 0.271 e. The highest BCUT2D eigenvalue weighted by molar-refractivity contribution is 7.23. The van der Waals surface area contributed by atoms with E-state index >= 15 is 0 Å². The number of nitrogens with zero attached hydrogens (tertiary/aromatic N) is 1. The molecule has 2 amide bonds. The molecule has 3 rings (SSSR count). The number of hydrogen-bond donors (Lipinski definition) is 2. The van der Waals surface area contributed by atoms with Crippen molar-refractivity contribution in [2.75, 3.05) is 13.7 Å². The van der Waals surface area contributed by atoms with Crippen LogP contribution in [0.15, 0.2) is 35.7 Å². The van der Waals surface area contributed by atoms with Crippen molar-refractivity contribution in [1.29, 1.82) is 0 Å². The summed E-state index contributed by atoms with van der Waals surface area (Å²) in [5.74, 6) is -0.0161. The van der Waals surface area contributed by atoms with Crippen LogP contribution in [0.5, 0.6) is 11.5 Å². The van der Waals surface area contributed by atoms with Gasteiger partial charge in [-0.05, 0) is 29.8 Å². The third kappa shape index (κ3) is 5.00. The highest BCUT2D eigenvalue weighted by Crippen LogP contribution is 2.33. The van der Waals surface area contributed by atoms with E-state index in [2.05, 4.69) is 10.3 Å². The number of benzene rings is 1. The van der Waals surface area contributed by atoms with Crippen LogP contribution >= 0.6 is 34.3 Å². The van der Waals surface area contributed by atoms with Crippen LogP contribution in [0, 0.1) is 0 Å². The summed E-state index contributed by atoms with van der Waals surface area (Å²) in [6.45, 7) is 0.0387. The predicted molar refractivity (Wildman–Crippen MR) is 109 cm³/mol. The zero-order valence-corrected chi connectivity index (χ0v) is 17.1. The van der Waals surface area contributed by atoms with Crippen molar-refractivity contribution >= 4 is 46.1 Å². The predicted octanol–water partition coefficient (Wildman–Crippen LogP) is 3.33. The molecule has 10 heteroatoms. The topological polar surface area (TPSA) is 104 Å². The molecular weight excluding hydrogens is 422 g/mol. The highest BCUT2D eigenvalue weighted by atomic mass is 35.5. The van der Waals surface area contributed by atoms with Gasteiger partial charge in [0.25, 0.3) is 11.8 Å². The summed E-state index contributed by atoms with van der Waals surface area (Å²) >= 11 is 8.74. The lowest BCUT2D eigenvalue weighted by atomic mass is 10.2. The standard InChI is InChI=1S/C18H16ClN3O4S2/c1-25-13-6-10(2-3-12(13)26-8-16(20)23)7-21-17(24)11-9-27-18(22-11)14-4-5-15(19)28-14/h2-6,9H,7-8H2,1H3,(H2,20,23)(H,21,24). The number of amides is 2. The Morgan fingerprint density at radius 1 is 1.25 bits per heavy atom. The van der Waals surface area contributed by atoms with Crippen molar-refractivity contribution in [3.63, 3.8) is 0 Å². The third-order valence-corrected chi connectivity index (χ3v) is 5.81. The van der Waals surface area contributed by atoms with Gasteiger partial charge in [0.05, 0.1) is 16.3 Å². The van der Waals surface area contributed by atoms with E-state index in [9.17, 15) is 9.59 Å². The van der Waals surface area contributed by atoms with Crippen molar-refractivity contribution in [1.82, 2.24) is 10.3 Å². The van der Waals surface area contributed by atoms with Crippen LogP contribution in [0.25, 0.3) is 9.88 Å². The van der Waals surface area contributed by atoms with Gasteiger partial charge in [0.2, 0.25) is 0 Å². The van der Waals surface area contributed by atoms with Crippen LogP contribution in [0.3, 0.4) is 0 Å². The molecule has 146 valence electrons. The maximum absolute atomic E-state index is 12.4. The number of carbonyl (C=O) groups excluding carboxylic acids is 2. The second-order valence-electron chi connectivity index (χ2n) is 5.56. The minimum absolute atomic E-state index is 0.242. The van der Waals surface area contributed by atoms with Gasteiger partial charge in [0.1, 0.15) is 10.7 Å². The van der Waals surface area contributed by atoms with Gasteiger partial charge in [0, 0.05) is 11.9 Å². The van der Waals surface area contributed by atoms with Crippen LogP contribution in [-0.4, -0.2) is 30.5 Å². The fourth-order valence-electron chi connectivity index (χ4n) is 2.28. The number of primary amides is 1. The first-order chi connectivity index (χ1) is 13.5. The Hall–Kier alpha value is -2.62. The Bertz CT molecular complexity index is 1000. The normalized spacial score (nSPS) is 10.5. The lowest BCUT2D eigenvalue weighted by molar-refractivity contribution is -0.119. The SMILES string of the molecule is COc1cc(CNC(=O)c2csc(-c3ccc(Cl)s3)n2)ccc1OCC(N)=O. The molecule has 2 aromatic heterocycles. The van der Waals surface area contributed by atoms with E-state index in [0.29, 0.717) is 21.5 Å². The van der Waals surface area contributed by atoms with E-state index < -0.39 is 5.91 Å². The molecule has 0 aliphatic heterocycles. The van der Waals surface area contributed by atoms with Gasteiger partial charge < -0.3 is 20.5 Å². The average molecular weight is 438 g/mol. The number of nitrogens with two attached hydrogens (primary N) is 1. The molecule has 7 nitrogen and oxygen atoms in total. The van der Waals surface area contributed by atoms with Gasteiger partial charge in [-0.1, -0.05) is 17.7 Å². The molecule has 0 spiro atoms. The van der Waals surface area contributed by atoms with E-state index in [1.165, 1.54) is 29.8 Å². The van der Waals surface area contributed by atoms with Crippen molar-refractivity contribution in [3.05, 3.63) is 51.3 Å². The van der Waals surface area contributed by atoms with Gasteiger partial charge in [-0.3, -0.25) is 9.59 Å². The summed E-state index contributed by atoms with van der Waals surface area (Å²) in [5.41, 5.74) is 6.22. The molecule has 0 aliphatic carbocycles. The van der Waals surface area contributed by atoms with Crippen LogP contribution in [0.1, 0.15) is 16.1 Å². The Morgan fingerprint density at radius 2 is 2.07 bits per heavy atom. The fraction of sp³-hybridized carbons (Fsp3) is 0.167. The Morgan fingerprint density at radius 3 is 2.75 bits per heavy atom. The minimum Gasteiger partial charge on any atom is -0.493 e. The van der Waals surface area contributed by atoms with Crippen LogP contribution < -0.4 is 20.5 Å². The van der Waals surface area contributed by atoms with Gasteiger partial charge in [-0.15, -0.1) is 22.7 Å². The first-order valence-corrected chi connectivity index (χ1v) is 10.1. The summed E-state index contributed by atoms with van der Waals surface area (Å²) in [6.07, 6.45) is 0. The molecule has 3 N–H and O–H groups in total. The number of thiazole rings is 1. The number of methoxy groups -OCH3 is 1. The molecule has 0 atom stereocenters. The summed E-state index contributed by atoms with van der Waals surface area (Å²) in [5, 5.41) is 5.28. The van der Waals surface area contributed by atoms with E-state index in [1.54, 1.807) is 29.6 Å². The molecule has 0 bridgehead atoms. The lowest BCUT2D eigenvalue weighted by Gasteiger charge is -2.11. The van der Waals surface area contributed by atoms with E-state index in [0.717, 1.165) is 15.4 Å². The number of thiophene rings is 1. The molecule has 0 fully saturated rings. The van der Waals surface area contributed by atoms with Gasteiger partial charge in [0.15, 0.2) is 18.1 Å². The zero-order valence-electron chi connectivity index (χ0n) is 14.7. The van der Waals surface area contributed by atoms with Crippen molar-refractivity contribution in [3.8, 4) is 21.4 Å². The van der Waals surface area contributed by atoms with E-state index in [1.807, 2.05) is 6.07 Å². The number of rotatable bonds is 8. The first-order valence-electron chi connectivity index (χ1n) is 8.03. The zero-order chi connectivity index (χ0) is 20.1. The summed E-state index contributed by atoms with van der Waals surface area (Å²) in [6, 6.07) is 8.81. The molecule has 0 saturated heterocycles. The van der Waals surface area contributed by atoms with Crippen molar-refractivity contribution in [2.24, 2.45) is 5.73 Å². The number of ether oxygens (including phenoxy) is 2. The number of halogens is 1. The summed E-state index contributed by atoms with van der Waals surface area (Å²) in [4.78, 5) is 28.5. The second-order valence-corrected chi connectivity index (χ2v) is 8.14. The second kappa shape index (κ2) is 9.05. The van der Waals surface area contributed by atoms with Gasteiger partial charge in [-0.2, -0.15) is 0 Å². The third-order valence-electron chi connectivity index (χ3n) is 3.57. The molecule has 0 saturated carbocycles. The molecule has 3 aromatic rings. The fourth-order valence-corrected chi connectivity index (χ4v) is 4.20. The molecule has 2 heterocycles. The number of nitrogens with one attached hydrogen (secondary N) is 1. The monoisotopic (exact) mass is 437 g/mol. The smallest absolute Gasteiger partial charge is 0.271 e. The lowest BCUT2D eigenvalue weighted by Crippen LogP contribution is -2.23. The molecule has 0 radical (unpaired) electrons. The largest absolute Gasteiger partial charge is 0.493 e. The van der Waals surface area contributed by atoms with Crippen LogP contribution in [-0.2, 0) is 11.3 Å². The quantitative estimate of drug-likeness (QED) is 0.562. The van der Waals surface area contributed by atoms with Crippen molar-refractivity contribution < 1.29 is 19.1 Å². The van der Waals surface area contributed by atoms with Gasteiger partial charge in [-0.25, -0.2) is 4.98 Å². The average Bonchev–Trinajstić information content (AvgIpc) is 3.33. The molecule has 1 aromatic carbocycles. The molecule has 28 heavy (non-hydrogen) atoms. The summed E-state index contributed by atoms with van der Waals surface area (Å²) < 4.78 is 11.2.